The molecular weight excluding hydrogens is 324 g/mol. The van der Waals surface area contributed by atoms with E-state index in [4.69, 9.17) is 0 Å². The van der Waals surface area contributed by atoms with E-state index < -0.39 is 0 Å². The van der Waals surface area contributed by atoms with Gasteiger partial charge in [0.2, 0.25) is 0 Å². The van der Waals surface area contributed by atoms with E-state index in [1.807, 2.05) is 0 Å². The van der Waals surface area contributed by atoms with Crippen LogP contribution in [0.5, 0.6) is 0 Å². The Bertz CT molecular complexity index is 518. The van der Waals surface area contributed by atoms with E-state index in [9.17, 15) is 0 Å². The minimum Gasteiger partial charge on any atom is -0.0622 e. The third-order valence-corrected chi connectivity index (χ3v) is 6.01. The summed E-state index contributed by atoms with van der Waals surface area (Å²) < 4.78 is 0. The van der Waals surface area contributed by atoms with Crippen LogP contribution in [0.4, 0.5) is 0 Å². The van der Waals surface area contributed by atoms with Gasteiger partial charge in [-0.1, -0.05) is 132 Å². The fourth-order valence-corrected chi connectivity index (χ4v) is 4.03. The fourth-order valence-electron chi connectivity index (χ4n) is 4.03. The molecule has 0 spiro atoms. The van der Waals surface area contributed by atoms with Crippen molar-refractivity contribution < 1.29 is 0 Å². The number of benzene rings is 2. The molecule has 0 fully saturated rings. The molecule has 0 radical (unpaired) electrons. The van der Waals surface area contributed by atoms with Crippen molar-refractivity contribution in [1.82, 2.24) is 0 Å². The summed E-state index contributed by atoms with van der Waals surface area (Å²) in [6, 6.07) is 21.9. The summed E-state index contributed by atoms with van der Waals surface area (Å²) >= 11 is 0. The lowest BCUT2D eigenvalue weighted by atomic mass is 9.94. The van der Waals surface area contributed by atoms with Crippen LogP contribution in [0.2, 0.25) is 0 Å². The first-order chi connectivity index (χ1) is 13.3. The molecule has 2 atom stereocenters. The van der Waals surface area contributed by atoms with Crippen molar-refractivity contribution in [3.63, 3.8) is 0 Å². The molecule has 0 saturated carbocycles. The average molecular weight is 365 g/mol. The Labute approximate surface area is 168 Å². The topological polar surface area (TPSA) is 0 Å². The summed E-state index contributed by atoms with van der Waals surface area (Å²) in [5.74, 6) is 1.42. The number of rotatable bonds is 14. The largest absolute Gasteiger partial charge is 0.0622 e. The molecule has 0 saturated heterocycles. The highest BCUT2D eigenvalue weighted by atomic mass is 14.1. The molecular formula is C27H40. The second-order valence-corrected chi connectivity index (χ2v) is 8.38. The number of hydrogen-bond donors (Lipinski definition) is 0. The standard InChI is InChI=1S/C27H40/c1-24(26-20-14-10-15-21-26)18-12-8-6-4-3-5-7-9-13-19-25(2)27-22-16-11-17-23-27/h10-11,14-17,20-25H,3-9,12-13,18-19H2,1-2H3/t24-,25-/m0/s1. The Balaban J connectivity index is 1.38. The number of unbranched alkanes of at least 4 members (excludes halogenated alkanes) is 8. The zero-order valence-corrected chi connectivity index (χ0v) is 17.7. The van der Waals surface area contributed by atoms with Crippen LogP contribution in [0, 0.1) is 0 Å². The quantitative estimate of drug-likeness (QED) is 0.293. The van der Waals surface area contributed by atoms with Crippen LogP contribution in [0.15, 0.2) is 60.7 Å². The van der Waals surface area contributed by atoms with Crippen LogP contribution in [0.25, 0.3) is 0 Å². The molecule has 0 aliphatic rings. The average Bonchev–Trinajstić information content (AvgIpc) is 2.73. The van der Waals surface area contributed by atoms with E-state index >= 15 is 0 Å². The first kappa shape index (κ1) is 21.7. The van der Waals surface area contributed by atoms with E-state index in [-0.39, 0.29) is 0 Å². The Hall–Kier alpha value is -1.56. The minimum atomic E-state index is 0.712. The molecule has 2 aromatic rings. The van der Waals surface area contributed by atoms with Crippen molar-refractivity contribution in [2.45, 2.75) is 96.3 Å². The van der Waals surface area contributed by atoms with Crippen molar-refractivity contribution >= 4 is 0 Å². The summed E-state index contributed by atoms with van der Waals surface area (Å²) in [6.07, 6.45) is 15.4. The second-order valence-electron chi connectivity index (χ2n) is 8.38. The normalized spacial score (nSPS) is 13.4. The molecule has 0 heteroatoms. The van der Waals surface area contributed by atoms with Crippen LogP contribution in [0.1, 0.15) is 107 Å². The Kier molecular flexibility index (Phi) is 10.9. The first-order valence-corrected chi connectivity index (χ1v) is 11.4. The molecule has 0 aliphatic heterocycles. The highest BCUT2D eigenvalue weighted by Crippen LogP contribution is 2.23. The lowest BCUT2D eigenvalue weighted by molar-refractivity contribution is 0.524. The molecule has 2 aromatic carbocycles. The maximum Gasteiger partial charge on any atom is -0.0190 e. The van der Waals surface area contributed by atoms with Gasteiger partial charge in [-0.2, -0.15) is 0 Å². The van der Waals surface area contributed by atoms with Crippen LogP contribution < -0.4 is 0 Å². The maximum absolute atomic E-state index is 2.37. The zero-order valence-electron chi connectivity index (χ0n) is 17.7. The smallest absolute Gasteiger partial charge is 0.0190 e. The Morgan fingerprint density at radius 1 is 0.444 bits per heavy atom. The van der Waals surface area contributed by atoms with Gasteiger partial charge in [0.15, 0.2) is 0 Å². The van der Waals surface area contributed by atoms with Gasteiger partial charge in [-0.25, -0.2) is 0 Å². The monoisotopic (exact) mass is 364 g/mol. The molecule has 0 bridgehead atoms. The van der Waals surface area contributed by atoms with Gasteiger partial charge in [-0.3, -0.25) is 0 Å². The van der Waals surface area contributed by atoms with Crippen LogP contribution in [-0.4, -0.2) is 0 Å². The predicted octanol–water partition coefficient (Wildman–Crippen LogP) is 8.88. The van der Waals surface area contributed by atoms with Gasteiger partial charge in [0.05, 0.1) is 0 Å². The Morgan fingerprint density at radius 3 is 1.07 bits per heavy atom. The van der Waals surface area contributed by atoms with Gasteiger partial charge >= 0.3 is 0 Å². The molecule has 0 nitrogen and oxygen atoms in total. The van der Waals surface area contributed by atoms with Crippen molar-refractivity contribution in [1.29, 1.82) is 0 Å². The van der Waals surface area contributed by atoms with E-state index in [1.54, 1.807) is 0 Å². The van der Waals surface area contributed by atoms with Crippen LogP contribution in [-0.2, 0) is 0 Å². The van der Waals surface area contributed by atoms with Gasteiger partial charge in [0.25, 0.3) is 0 Å². The molecule has 0 amide bonds. The molecule has 0 aliphatic carbocycles. The van der Waals surface area contributed by atoms with Crippen LogP contribution in [0.3, 0.4) is 0 Å². The molecule has 148 valence electrons. The van der Waals surface area contributed by atoms with E-state index in [2.05, 4.69) is 74.5 Å². The lowest BCUT2D eigenvalue weighted by Crippen LogP contribution is -1.93. The minimum absolute atomic E-state index is 0.712. The molecule has 0 N–H and O–H groups in total. The fraction of sp³-hybridized carbons (Fsp3) is 0.556. The second kappa shape index (κ2) is 13.6. The zero-order chi connectivity index (χ0) is 19.2. The van der Waals surface area contributed by atoms with Gasteiger partial charge in [0.1, 0.15) is 0 Å². The predicted molar refractivity (Wildman–Crippen MR) is 121 cm³/mol. The Morgan fingerprint density at radius 2 is 0.741 bits per heavy atom. The summed E-state index contributed by atoms with van der Waals surface area (Å²) in [6.45, 7) is 4.74. The third kappa shape index (κ3) is 9.27. The van der Waals surface area contributed by atoms with Crippen molar-refractivity contribution in [3.8, 4) is 0 Å². The molecule has 27 heavy (non-hydrogen) atoms. The summed E-state index contributed by atoms with van der Waals surface area (Å²) in [5, 5.41) is 0. The first-order valence-electron chi connectivity index (χ1n) is 11.4. The van der Waals surface area contributed by atoms with Crippen molar-refractivity contribution in [2.75, 3.05) is 0 Å². The third-order valence-electron chi connectivity index (χ3n) is 6.01. The summed E-state index contributed by atoms with van der Waals surface area (Å²) in [5.41, 5.74) is 3.00. The molecule has 0 heterocycles. The van der Waals surface area contributed by atoms with E-state index in [1.165, 1.54) is 81.8 Å². The van der Waals surface area contributed by atoms with Crippen LogP contribution >= 0.6 is 0 Å². The van der Waals surface area contributed by atoms with Crippen molar-refractivity contribution in [3.05, 3.63) is 71.8 Å². The van der Waals surface area contributed by atoms with E-state index in [0.29, 0.717) is 11.8 Å². The lowest BCUT2D eigenvalue weighted by Gasteiger charge is -2.12. The maximum atomic E-state index is 2.37. The highest BCUT2D eigenvalue weighted by molar-refractivity contribution is 5.19. The van der Waals surface area contributed by atoms with Gasteiger partial charge in [-0.05, 0) is 35.8 Å². The molecule has 0 unspecified atom stereocenters. The molecule has 2 rings (SSSR count). The SMILES string of the molecule is C[C@@H](CCCCCCCCCCC[C@H](C)c1ccccc1)c1ccccc1. The highest BCUT2D eigenvalue weighted by Gasteiger charge is 2.05. The van der Waals surface area contributed by atoms with Gasteiger partial charge in [0, 0.05) is 0 Å². The summed E-state index contributed by atoms with van der Waals surface area (Å²) in [4.78, 5) is 0. The summed E-state index contributed by atoms with van der Waals surface area (Å²) in [7, 11) is 0. The van der Waals surface area contributed by atoms with E-state index in [0.717, 1.165) is 0 Å². The van der Waals surface area contributed by atoms with Gasteiger partial charge in [-0.15, -0.1) is 0 Å². The van der Waals surface area contributed by atoms with Crippen molar-refractivity contribution in [2.24, 2.45) is 0 Å². The van der Waals surface area contributed by atoms with Gasteiger partial charge < -0.3 is 0 Å². The molecule has 0 aromatic heterocycles. The number of hydrogen-bond acceptors (Lipinski definition) is 0.